The lowest BCUT2D eigenvalue weighted by atomic mass is 10.1. The van der Waals surface area contributed by atoms with Crippen molar-refractivity contribution in [1.29, 1.82) is 0 Å². The number of ether oxygens (including phenoxy) is 2. The third kappa shape index (κ3) is 5.33. The Morgan fingerprint density at radius 2 is 0.932 bits per heavy atom. The minimum atomic E-state index is -0.886. The average molecular weight is 627 g/mol. The first-order valence-corrected chi connectivity index (χ1v) is 15.7. The number of nitrogens with zero attached hydrogens (tertiary/aromatic N) is 2. The van der Waals surface area contributed by atoms with Crippen LogP contribution in [0, 0.1) is 0 Å². The molecule has 4 aromatic carbocycles. The number of imide groups is 2. The van der Waals surface area contributed by atoms with Crippen LogP contribution >= 0.6 is 23.5 Å². The Bertz CT molecular complexity index is 1800. The number of anilines is 2. The fraction of sp³-hybridized carbons (Fsp3) is 0.235. The molecule has 4 aromatic rings. The summed E-state index contributed by atoms with van der Waals surface area (Å²) in [4.78, 5) is 59.4. The highest BCUT2D eigenvalue weighted by atomic mass is 32.2. The van der Waals surface area contributed by atoms with Crippen LogP contribution in [-0.4, -0.2) is 35.2 Å². The van der Waals surface area contributed by atoms with Crippen molar-refractivity contribution in [3.63, 3.8) is 0 Å². The Morgan fingerprint density at radius 1 is 0.568 bits per heavy atom. The van der Waals surface area contributed by atoms with E-state index in [4.69, 9.17) is 9.47 Å². The molecule has 0 unspecified atom stereocenters. The molecule has 0 aromatic heterocycles. The molecule has 0 fully saturated rings. The number of carbonyl (C=O) groups is 4. The van der Waals surface area contributed by atoms with E-state index in [1.165, 1.54) is 0 Å². The van der Waals surface area contributed by atoms with Gasteiger partial charge in [0.2, 0.25) is 0 Å². The Labute approximate surface area is 263 Å². The van der Waals surface area contributed by atoms with E-state index in [1.807, 2.05) is 72.8 Å². The molecule has 0 saturated carbocycles. The molecule has 44 heavy (non-hydrogen) atoms. The molecular formula is C34H30N2O6S2. The van der Waals surface area contributed by atoms with Gasteiger partial charge >= 0.3 is 12.2 Å². The van der Waals surface area contributed by atoms with Crippen molar-refractivity contribution in [1.82, 2.24) is 0 Å². The van der Waals surface area contributed by atoms with Crippen molar-refractivity contribution < 1.29 is 28.7 Å². The van der Waals surface area contributed by atoms with E-state index in [0.717, 1.165) is 44.1 Å². The lowest BCUT2D eigenvalue weighted by Crippen LogP contribution is -2.46. The van der Waals surface area contributed by atoms with Gasteiger partial charge in [0.25, 0.3) is 11.8 Å². The van der Waals surface area contributed by atoms with E-state index >= 15 is 0 Å². The molecule has 224 valence electrons. The van der Waals surface area contributed by atoms with Crippen molar-refractivity contribution in [2.75, 3.05) is 9.80 Å². The van der Waals surface area contributed by atoms with E-state index in [0.29, 0.717) is 31.9 Å². The topological polar surface area (TPSA) is 93.2 Å². The maximum Gasteiger partial charge on any atom is 0.422 e. The first-order chi connectivity index (χ1) is 20.7. The first kappa shape index (κ1) is 29.8. The van der Waals surface area contributed by atoms with Gasteiger partial charge < -0.3 is 9.47 Å². The number of thioether (sulfide) groups is 2. The van der Waals surface area contributed by atoms with Gasteiger partial charge in [-0.25, -0.2) is 19.4 Å². The molecule has 2 aliphatic rings. The van der Waals surface area contributed by atoms with Crippen LogP contribution in [0.2, 0.25) is 0 Å². The summed E-state index contributed by atoms with van der Waals surface area (Å²) < 4.78 is 11.4. The predicted octanol–water partition coefficient (Wildman–Crippen LogP) is 8.65. The second-order valence-corrected chi connectivity index (χ2v) is 14.5. The van der Waals surface area contributed by atoms with Gasteiger partial charge in [0, 0.05) is 20.6 Å². The Morgan fingerprint density at radius 3 is 1.30 bits per heavy atom. The van der Waals surface area contributed by atoms with Crippen molar-refractivity contribution in [3.05, 3.63) is 82.6 Å². The molecule has 0 saturated heterocycles. The fourth-order valence-electron chi connectivity index (χ4n) is 5.06. The van der Waals surface area contributed by atoms with E-state index in [1.54, 1.807) is 41.5 Å². The fourth-order valence-corrected chi connectivity index (χ4v) is 7.34. The first-order valence-electron chi connectivity index (χ1n) is 14.0. The summed E-state index contributed by atoms with van der Waals surface area (Å²) in [6, 6.07) is 22.3. The predicted molar refractivity (Wildman–Crippen MR) is 174 cm³/mol. The number of amides is 4. The van der Waals surface area contributed by atoms with Crippen molar-refractivity contribution >= 4 is 80.4 Å². The molecule has 6 rings (SSSR count). The van der Waals surface area contributed by atoms with Crippen molar-refractivity contribution in [3.8, 4) is 0 Å². The van der Waals surface area contributed by atoms with Crippen LogP contribution in [0.5, 0.6) is 0 Å². The highest BCUT2D eigenvalue weighted by molar-refractivity contribution is 8.08. The second kappa shape index (κ2) is 10.7. The molecule has 2 aliphatic heterocycles. The zero-order chi connectivity index (χ0) is 31.6. The van der Waals surface area contributed by atoms with E-state index in [2.05, 4.69) is 0 Å². The Hall–Kier alpha value is -4.28. The standard InChI is InChI=1S/C34H30N2O6S2/c1-33(2,3)41-31(39)35-25-21-13-9-7-11-19(21)15-17-23(25)43-27(29(35)37)28-30(38)36(32(40)42-34(4,5)6)26-22-14-10-8-12-20(22)16-18-24(26)44-28/h7-18H,1-6H3. The molecule has 4 amide bonds. The van der Waals surface area contributed by atoms with Gasteiger partial charge in [-0.05, 0) is 64.4 Å². The van der Waals surface area contributed by atoms with Crippen LogP contribution in [0.25, 0.3) is 21.5 Å². The van der Waals surface area contributed by atoms with Crippen LogP contribution in [0.1, 0.15) is 41.5 Å². The van der Waals surface area contributed by atoms with Gasteiger partial charge in [-0.15, -0.1) is 0 Å². The Kier molecular flexibility index (Phi) is 7.25. The second-order valence-electron chi connectivity index (χ2n) is 12.4. The molecule has 0 bridgehead atoms. The summed E-state index contributed by atoms with van der Waals surface area (Å²) >= 11 is 2.19. The van der Waals surface area contributed by atoms with Crippen molar-refractivity contribution in [2.24, 2.45) is 0 Å². The van der Waals surface area contributed by atoms with Gasteiger partial charge in [-0.3, -0.25) is 9.59 Å². The molecule has 2 heterocycles. The Balaban J connectivity index is 1.57. The highest BCUT2D eigenvalue weighted by Crippen LogP contribution is 2.52. The monoisotopic (exact) mass is 626 g/mol. The van der Waals surface area contributed by atoms with Gasteiger partial charge in [-0.1, -0.05) is 84.2 Å². The summed E-state index contributed by atoms with van der Waals surface area (Å²) in [5.74, 6) is -1.42. The van der Waals surface area contributed by atoms with Gasteiger partial charge in [0.15, 0.2) is 0 Å². The minimum Gasteiger partial charge on any atom is -0.443 e. The number of hydrogen-bond acceptors (Lipinski definition) is 8. The van der Waals surface area contributed by atoms with Gasteiger partial charge in [0.1, 0.15) is 11.2 Å². The van der Waals surface area contributed by atoms with Crippen LogP contribution in [-0.2, 0) is 19.1 Å². The lowest BCUT2D eigenvalue weighted by Gasteiger charge is -2.35. The quantitative estimate of drug-likeness (QED) is 0.179. The van der Waals surface area contributed by atoms with E-state index in [-0.39, 0.29) is 9.81 Å². The SMILES string of the molecule is CC(C)(C)OC(=O)N1C(=O)C(=C2Sc3ccc4ccccc4c3N(C(=O)OC(C)(C)C)C2=O)Sc2ccc3ccccc3c21. The number of rotatable bonds is 0. The van der Waals surface area contributed by atoms with E-state index < -0.39 is 35.2 Å². The number of hydrogen-bond donors (Lipinski definition) is 0. The number of fused-ring (bicyclic) bond motifs is 6. The molecule has 0 spiro atoms. The third-order valence-corrected chi connectivity index (χ3v) is 9.15. The van der Waals surface area contributed by atoms with Crippen LogP contribution in [0.4, 0.5) is 21.0 Å². The smallest absolute Gasteiger partial charge is 0.422 e. The highest BCUT2D eigenvalue weighted by Gasteiger charge is 2.45. The lowest BCUT2D eigenvalue weighted by molar-refractivity contribution is -0.116. The third-order valence-electron chi connectivity index (χ3n) is 6.75. The maximum atomic E-state index is 14.4. The normalized spacial score (nSPS) is 17.0. The molecular weight excluding hydrogens is 597 g/mol. The molecule has 0 atom stereocenters. The van der Waals surface area contributed by atoms with Gasteiger partial charge in [0.05, 0.1) is 21.2 Å². The largest absolute Gasteiger partial charge is 0.443 e. The summed E-state index contributed by atoms with van der Waals surface area (Å²) in [5.41, 5.74) is -0.994. The molecule has 10 heteroatoms. The van der Waals surface area contributed by atoms with Crippen LogP contribution in [0.15, 0.2) is 92.4 Å². The zero-order valence-corrected chi connectivity index (χ0v) is 26.7. The van der Waals surface area contributed by atoms with Crippen LogP contribution < -0.4 is 9.80 Å². The van der Waals surface area contributed by atoms with Gasteiger partial charge in [-0.2, -0.15) is 0 Å². The van der Waals surface area contributed by atoms with Crippen LogP contribution in [0.3, 0.4) is 0 Å². The summed E-state index contributed by atoms with van der Waals surface area (Å²) in [7, 11) is 0. The summed E-state index contributed by atoms with van der Waals surface area (Å²) in [5, 5.41) is 3.06. The summed E-state index contributed by atoms with van der Waals surface area (Å²) in [6.07, 6.45) is -1.72. The molecule has 0 N–H and O–H groups in total. The van der Waals surface area contributed by atoms with E-state index in [9.17, 15) is 19.2 Å². The summed E-state index contributed by atoms with van der Waals surface area (Å²) in [6.45, 7) is 10.3. The van der Waals surface area contributed by atoms with Crippen molar-refractivity contribution in [2.45, 2.75) is 62.5 Å². The maximum absolute atomic E-state index is 14.4. The number of carbonyl (C=O) groups excluding carboxylic acids is 4. The molecule has 0 radical (unpaired) electrons. The molecule has 0 aliphatic carbocycles. The molecule has 8 nitrogen and oxygen atoms in total. The average Bonchev–Trinajstić information content (AvgIpc) is 2.94. The minimum absolute atomic E-state index is 0.0148. The number of benzene rings is 4. The zero-order valence-electron chi connectivity index (χ0n) is 25.1.